The summed E-state index contributed by atoms with van der Waals surface area (Å²) in [7, 11) is 1.54. The monoisotopic (exact) mass is 264 g/mol. The van der Waals surface area contributed by atoms with Gasteiger partial charge in [-0.25, -0.2) is 0 Å². The lowest BCUT2D eigenvalue weighted by molar-refractivity contribution is -0.114. The van der Waals surface area contributed by atoms with E-state index in [9.17, 15) is 4.79 Å². The number of hydrogen-bond donors (Lipinski definition) is 1. The third-order valence-corrected chi connectivity index (χ3v) is 2.97. The van der Waals surface area contributed by atoms with Crippen molar-refractivity contribution in [2.75, 3.05) is 19.6 Å². The van der Waals surface area contributed by atoms with Gasteiger partial charge in [0.15, 0.2) is 5.78 Å². The molecule has 1 aromatic rings. The Morgan fingerprint density at radius 3 is 3.00 bits per heavy atom. The lowest BCUT2D eigenvalue weighted by atomic mass is 10.1. The smallest absolute Gasteiger partial charge is 0.168 e. The third-order valence-electron chi connectivity index (χ3n) is 2.19. The highest BCUT2D eigenvalue weighted by Crippen LogP contribution is 2.20. The molecule has 4 nitrogen and oxygen atoms in total. The van der Waals surface area contributed by atoms with E-state index in [2.05, 4.69) is 11.6 Å². The number of hydrogen-bond acceptors (Lipinski definition) is 5. The number of carbonyl (C=O) groups is 1. The van der Waals surface area contributed by atoms with Crippen LogP contribution in [0.4, 0.5) is 5.00 Å². The maximum atomic E-state index is 12.0. The van der Waals surface area contributed by atoms with Crippen molar-refractivity contribution in [2.45, 2.75) is 6.42 Å². The molecule has 2 N–H and O–H groups in total. The normalized spacial score (nSPS) is 11.9. The van der Waals surface area contributed by atoms with Gasteiger partial charge in [0.2, 0.25) is 0 Å². The number of nitrogen functional groups attached to an aromatic ring is 1. The van der Waals surface area contributed by atoms with E-state index >= 15 is 0 Å². The summed E-state index contributed by atoms with van der Waals surface area (Å²) in [6.07, 6.45) is 4.96. The maximum Gasteiger partial charge on any atom is 0.168 e. The van der Waals surface area contributed by atoms with Gasteiger partial charge in [0.25, 0.3) is 0 Å². The Morgan fingerprint density at radius 2 is 2.44 bits per heavy atom. The van der Waals surface area contributed by atoms with Gasteiger partial charge in [-0.1, -0.05) is 18.7 Å². The van der Waals surface area contributed by atoms with Crippen LogP contribution in [0.1, 0.15) is 5.56 Å². The number of ether oxygens (including phenoxy) is 1. The van der Waals surface area contributed by atoms with E-state index in [0.29, 0.717) is 10.6 Å². The standard InChI is InChI=1S/C13H16N2O2S/c1-3-4-11(8-15-9-17-2)12(16)7-10-5-6-18-13(10)14/h3-6,8H,1,7,9,14H2,2H3/b11-4+,15-8-. The van der Waals surface area contributed by atoms with Gasteiger partial charge < -0.3 is 10.5 Å². The minimum atomic E-state index is -0.0418. The first kappa shape index (κ1) is 14.3. The molecule has 96 valence electrons. The van der Waals surface area contributed by atoms with Crippen LogP contribution in [-0.2, 0) is 16.0 Å². The second-order valence-electron chi connectivity index (χ2n) is 3.50. The molecule has 0 aliphatic rings. The number of anilines is 1. The van der Waals surface area contributed by atoms with E-state index < -0.39 is 0 Å². The maximum absolute atomic E-state index is 12.0. The van der Waals surface area contributed by atoms with Crippen LogP contribution >= 0.6 is 11.3 Å². The molecular weight excluding hydrogens is 248 g/mol. The highest BCUT2D eigenvalue weighted by Gasteiger charge is 2.10. The number of methoxy groups -OCH3 is 1. The van der Waals surface area contributed by atoms with Crippen LogP contribution in [0.15, 0.2) is 40.7 Å². The Hall–Kier alpha value is -1.72. The van der Waals surface area contributed by atoms with Gasteiger partial charge in [0.1, 0.15) is 6.73 Å². The molecule has 0 amide bonds. The lowest BCUT2D eigenvalue weighted by Crippen LogP contribution is -2.08. The van der Waals surface area contributed by atoms with Crippen LogP contribution < -0.4 is 5.73 Å². The second kappa shape index (κ2) is 7.58. The van der Waals surface area contributed by atoms with E-state index in [4.69, 9.17) is 10.5 Å². The van der Waals surface area contributed by atoms with Crippen LogP contribution in [0.2, 0.25) is 0 Å². The van der Waals surface area contributed by atoms with Gasteiger partial charge in [-0.2, -0.15) is 0 Å². The summed E-state index contributed by atoms with van der Waals surface area (Å²) < 4.78 is 4.79. The van der Waals surface area contributed by atoms with Crippen molar-refractivity contribution >= 4 is 28.3 Å². The number of nitrogens with zero attached hydrogens (tertiary/aromatic N) is 1. The van der Waals surface area contributed by atoms with E-state index in [0.717, 1.165) is 5.56 Å². The molecule has 1 rings (SSSR count). The lowest BCUT2D eigenvalue weighted by Gasteiger charge is -2.01. The number of allylic oxidation sites excluding steroid dienone is 3. The SMILES string of the molecule is C=C/C=C(\C=N/COC)C(=O)Cc1ccsc1N. The van der Waals surface area contributed by atoms with E-state index in [1.165, 1.54) is 17.6 Å². The largest absolute Gasteiger partial charge is 0.390 e. The Kier molecular flexibility index (Phi) is 6.04. The number of rotatable bonds is 7. The summed E-state index contributed by atoms with van der Waals surface area (Å²) in [5.74, 6) is -0.0418. The number of nitrogens with two attached hydrogens (primary N) is 1. The molecule has 0 radical (unpaired) electrons. The molecule has 0 spiro atoms. The van der Waals surface area contributed by atoms with Gasteiger partial charge in [0, 0.05) is 25.3 Å². The quantitative estimate of drug-likeness (QED) is 0.466. The number of aliphatic imine (C=N–C) groups is 1. The van der Waals surface area contributed by atoms with Crippen LogP contribution in [0.5, 0.6) is 0 Å². The van der Waals surface area contributed by atoms with Gasteiger partial charge >= 0.3 is 0 Å². The summed E-state index contributed by atoms with van der Waals surface area (Å²) in [5, 5.41) is 2.54. The average molecular weight is 264 g/mol. The molecule has 0 aromatic carbocycles. The van der Waals surface area contributed by atoms with Crippen molar-refractivity contribution < 1.29 is 9.53 Å². The molecule has 1 heterocycles. The van der Waals surface area contributed by atoms with Crippen LogP contribution in [0.3, 0.4) is 0 Å². The van der Waals surface area contributed by atoms with E-state index in [1.807, 2.05) is 11.4 Å². The summed E-state index contributed by atoms with van der Waals surface area (Å²) in [6.45, 7) is 3.81. The van der Waals surface area contributed by atoms with E-state index in [1.54, 1.807) is 19.3 Å². The first-order chi connectivity index (χ1) is 8.69. The molecule has 0 aliphatic carbocycles. The van der Waals surface area contributed by atoms with Crippen molar-refractivity contribution in [3.63, 3.8) is 0 Å². The number of carbonyl (C=O) groups excluding carboxylic acids is 1. The predicted octanol–water partition coefficient (Wildman–Crippen LogP) is 2.23. The summed E-state index contributed by atoms with van der Waals surface area (Å²) >= 11 is 1.43. The number of Topliss-reactive ketones (excluding diaryl/α,β-unsaturated/α-hetero) is 1. The Morgan fingerprint density at radius 1 is 1.67 bits per heavy atom. The molecule has 0 bridgehead atoms. The Balaban J connectivity index is 2.75. The topological polar surface area (TPSA) is 64.7 Å². The summed E-state index contributed by atoms with van der Waals surface area (Å²) in [6, 6.07) is 1.86. The van der Waals surface area contributed by atoms with Crippen molar-refractivity contribution in [3.05, 3.63) is 41.3 Å². The molecule has 0 saturated heterocycles. The molecule has 5 heteroatoms. The fourth-order valence-electron chi connectivity index (χ4n) is 1.31. The van der Waals surface area contributed by atoms with Gasteiger partial charge in [0.05, 0.1) is 5.00 Å². The minimum Gasteiger partial charge on any atom is -0.390 e. The average Bonchev–Trinajstić information content (AvgIpc) is 2.74. The Bertz CT molecular complexity index is 475. The number of ketones is 1. The molecule has 0 fully saturated rings. The molecule has 0 saturated carbocycles. The molecule has 0 unspecified atom stereocenters. The van der Waals surface area contributed by atoms with Crippen LogP contribution in [0, 0.1) is 0 Å². The summed E-state index contributed by atoms with van der Waals surface area (Å²) in [5.41, 5.74) is 7.10. The van der Waals surface area contributed by atoms with Crippen molar-refractivity contribution in [1.29, 1.82) is 0 Å². The zero-order valence-electron chi connectivity index (χ0n) is 10.3. The van der Waals surface area contributed by atoms with Gasteiger partial charge in [-0.15, -0.1) is 11.3 Å². The van der Waals surface area contributed by atoms with Crippen molar-refractivity contribution in [2.24, 2.45) is 4.99 Å². The van der Waals surface area contributed by atoms with Gasteiger partial charge in [-0.05, 0) is 17.0 Å². The minimum absolute atomic E-state index is 0.0418. The van der Waals surface area contributed by atoms with Crippen molar-refractivity contribution in [1.82, 2.24) is 0 Å². The molecular formula is C13H16N2O2S. The zero-order chi connectivity index (χ0) is 13.4. The fraction of sp³-hybridized carbons (Fsp3) is 0.231. The molecule has 1 aromatic heterocycles. The van der Waals surface area contributed by atoms with Crippen LogP contribution in [-0.4, -0.2) is 25.8 Å². The molecule has 18 heavy (non-hydrogen) atoms. The fourth-order valence-corrected chi connectivity index (χ4v) is 1.98. The molecule has 0 aliphatic heterocycles. The van der Waals surface area contributed by atoms with Crippen molar-refractivity contribution in [3.8, 4) is 0 Å². The first-order valence-electron chi connectivity index (χ1n) is 5.35. The Labute approximate surface area is 110 Å². The molecule has 0 atom stereocenters. The highest BCUT2D eigenvalue weighted by atomic mass is 32.1. The van der Waals surface area contributed by atoms with Gasteiger partial charge in [-0.3, -0.25) is 9.79 Å². The predicted molar refractivity (Wildman–Crippen MR) is 76.1 cm³/mol. The third kappa shape index (κ3) is 4.27. The van der Waals surface area contributed by atoms with Crippen LogP contribution in [0.25, 0.3) is 0 Å². The highest BCUT2D eigenvalue weighted by molar-refractivity contribution is 7.14. The first-order valence-corrected chi connectivity index (χ1v) is 6.23. The second-order valence-corrected chi connectivity index (χ2v) is 4.44. The number of thiophene rings is 1. The zero-order valence-corrected chi connectivity index (χ0v) is 11.1. The summed E-state index contributed by atoms with van der Waals surface area (Å²) in [4.78, 5) is 16.0. The van der Waals surface area contributed by atoms with E-state index in [-0.39, 0.29) is 18.9 Å².